The number of hydrogen-bond donors (Lipinski definition) is 1. The van der Waals surface area contributed by atoms with E-state index in [2.05, 4.69) is 20.1 Å². The lowest BCUT2D eigenvalue weighted by Gasteiger charge is -2.06. The molecule has 10 heteroatoms. The standard InChI is InChI=1S/C11H10F2N4O3S/c12-11(13)20-10-2-1-8(4-15-10)21(18,19)17-6-7-3-14-5-9(7)16-17/h1-2,4,6,11,14H,3,5H2. The van der Waals surface area contributed by atoms with Crippen LogP contribution in [0.25, 0.3) is 0 Å². The third kappa shape index (κ3) is 2.59. The molecule has 0 saturated carbocycles. The summed E-state index contributed by atoms with van der Waals surface area (Å²) in [6.45, 7) is -1.94. The molecule has 0 amide bonds. The minimum absolute atomic E-state index is 0.154. The monoisotopic (exact) mass is 316 g/mol. The quantitative estimate of drug-likeness (QED) is 0.894. The Hall–Kier alpha value is -2.07. The molecule has 21 heavy (non-hydrogen) atoms. The van der Waals surface area contributed by atoms with E-state index in [1.807, 2.05) is 0 Å². The van der Waals surface area contributed by atoms with E-state index in [1.54, 1.807) is 0 Å². The molecule has 0 bridgehead atoms. The van der Waals surface area contributed by atoms with E-state index in [4.69, 9.17) is 0 Å². The average molecular weight is 316 g/mol. The van der Waals surface area contributed by atoms with E-state index in [1.165, 1.54) is 6.20 Å². The Morgan fingerprint density at radius 2 is 2.14 bits per heavy atom. The van der Waals surface area contributed by atoms with Crippen molar-refractivity contribution in [1.82, 2.24) is 19.5 Å². The molecule has 0 aliphatic carbocycles. The van der Waals surface area contributed by atoms with E-state index in [0.717, 1.165) is 28.0 Å². The first-order chi connectivity index (χ1) is 9.96. The summed E-state index contributed by atoms with van der Waals surface area (Å²) in [4.78, 5) is 3.38. The third-order valence-corrected chi connectivity index (χ3v) is 4.44. The lowest BCUT2D eigenvalue weighted by atomic mass is 10.3. The second kappa shape index (κ2) is 5.04. The van der Waals surface area contributed by atoms with Crippen molar-refractivity contribution in [3.63, 3.8) is 0 Å². The van der Waals surface area contributed by atoms with Crippen LogP contribution in [0.4, 0.5) is 8.78 Å². The first-order valence-corrected chi connectivity index (χ1v) is 7.35. The maximum absolute atomic E-state index is 12.3. The summed E-state index contributed by atoms with van der Waals surface area (Å²) in [7, 11) is -3.89. The van der Waals surface area contributed by atoms with Crippen LogP contribution in [0.1, 0.15) is 11.3 Å². The fourth-order valence-electron chi connectivity index (χ4n) is 1.94. The van der Waals surface area contributed by atoms with Crippen molar-refractivity contribution in [1.29, 1.82) is 0 Å². The number of halogens is 2. The van der Waals surface area contributed by atoms with E-state index < -0.39 is 16.6 Å². The second-order valence-electron chi connectivity index (χ2n) is 4.29. The number of hydrogen-bond acceptors (Lipinski definition) is 6. The summed E-state index contributed by atoms with van der Waals surface area (Å²) in [5, 5.41) is 7.04. The van der Waals surface area contributed by atoms with Gasteiger partial charge in [0, 0.05) is 30.9 Å². The Balaban J connectivity index is 1.90. The average Bonchev–Trinajstić information content (AvgIpc) is 2.99. The molecule has 0 radical (unpaired) electrons. The van der Waals surface area contributed by atoms with Gasteiger partial charge in [0.1, 0.15) is 4.90 Å². The van der Waals surface area contributed by atoms with Gasteiger partial charge in [-0.1, -0.05) is 0 Å². The zero-order valence-electron chi connectivity index (χ0n) is 10.5. The number of pyridine rings is 1. The van der Waals surface area contributed by atoms with Gasteiger partial charge in [0.05, 0.1) is 11.9 Å². The number of nitrogens with zero attached hydrogens (tertiary/aromatic N) is 3. The first kappa shape index (κ1) is 13.9. The predicted octanol–water partition coefficient (Wildman–Crippen LogP) is 0.720. The highest BCUT2D eigenvalue weighted by Crippen LogP contribution is 2.19. The highest BCUT2D eigenvalue weighted by Gasteiger charge is 2.23. The maximum Gasteiger partial charge on any atom is 0.388 e. The van der Waals surface area contributed by atoms with Gasteiger partial charge < -0.3 is 10.1 Å². The first-order valence-electron chi connectivity index (χ1n) is 5.91. The summed E-state index contributed by atoms with van der Waals surface area (Å²) in [5.74, 6) is -0.351. The van der Waals surface area contributed by atoms with Crippen molar-refractivity contribution < 1.29 is 21.9 Å². The zero-order valence-corrected chi connectivity index (χ0v) is 11.3. The fourth-order valence-corrected chi connectivity index (χ4v) is 3.06. The molecular weight excluding hydrogens is 306 g/mol. The lowest BCUT2D eigenvalue weighted by molar-refractivity contribution is -0.0529. The van der Waals surface area contributed by atoms with Gasteiger partial charge >= 0.3 is 6.61 Å². The smallest absolute Gasteiger partial charge is 0.388 e. The Bertz CT molecular complexity index is 737. The lowest BCUT2D eigenvalue weighted by Crippen LogP contribution is -2.16. The van der Waals surface area contributed by atoms with Crippen LogP contribution in [0.15, 0.2) is 29.4 Å². The summed E-state index contributed by atoms with van der Waals surface area (Å²) < 4.78 is 53.6. The molecule has 0 aromatic carbocycles. The normalized spacial score (nSPS) is 14.4. The van der Waals surface area contributed by atoms with Crippen LogP contribution in [0.3, 0.4) is 0 Å². The van der Waals surface area contributed by atoms with Crippen LogP contribution < -0.4 is 10.1 Å². The van der Waals surface area contributed by atoms with E-state index in [-0.39, 0.29) is 10.8 Å². The predicted molar refractivity (Wildman–Crippen MR) is 66.2 cm³/mol. The van der Waals surface area contributed by atoms with Crippen molar-refractivity contribution in [2.75, 3.05) is 0 Å². The molecule has 1 aliphatic rings. The second-order valence-corrected chi connectivity index (χ2v) is 6.09. The molecule has 1 aliphatic heterocycles. The Kier molecular flexibility index (Phi) is 3.33. The van der Waals surface area contributed by atoms with E-state index in [0.29, 0.717) is 18.8 Å². The van der Waals surface area contributed by atoms with Gasteiger partial charge in [0.25, 0.3) is 10.0 Å². The number of alkyl halides is 2. The fraction of sp³-hybridized carbons (Fsp3) is 0.273. The number of nitrogens with one attached hydrogen (secondary N) is 1. The molecule has 0 atom stereocenters. The molecule has 112 valence electrons. The largest absolute Gasteiger partial charge is 0.417 e. The highest BCUT2D eigenvalue weighted by molar-refractivity contribution is 7.89. The topological polar surface area (TPSA) is 86.1 Å². The van der Waals surface area contributed by atoms with Gasteiger partial charge in [-0.15, -0.1) is 0 Å². The minimum Gasteiger partial charge on any atom is -0.417 e. The molecule has 3 heterocycles. The van der Waals surface area contributed by atoms with Gasteiger partial charge in [-0.25, -0.2) is 4.98 Å². The maximum atomic E-state index is 12.3. The molecular formula is C11H10F2N4O3S. The minimum atomic E-state index is -3.89. The molecule has 3 rings (SSSR count). The molecule has 2 aromatic heterocycles. The van der Waals surface area contributed by atoms with Crippen molar-refractivity contribution in [3.05, 3.63) is 35.8 Å². The number of aromatic nitrogens is 3. The molecule has 0 unspecified atom stereocenters. The van der Waals surface area contributed by atoms with E-state index in [9.17, 15) is 17.2 Å². The van der Waals surface area contributed by atoms with Crippen LogP contribution in [0.2, 0.25) is 0 Å². The van der Waals surface area contributed by atoms with Crippen molar-refractivity contribution >= 4 is 10.0 Å². The molecule has 0 spiro atoms. The summed E-state index contributed by atoms with van der Waals surface area (Å²) in [6.07, 6.45) is 2.38. The van der Waals surface area contributed by atoms with Crippen LogP contribution in [0.5, 0.6) is 5.88 Å². The Labute approximate surface area is 118 Å². The van der Waals surface area contributed by atoms with E-state index >= 15 is 0 Å². The molecule has 0 saturated heterocycles. The third-order valence-electron chi connectivity index (χ3n) is 2.93. The van der Waals surface area contributed by atoms with Gasteiger partial charge in [-0.2, -0.15) is 26.4 Å². The van der Waals surface area contributed by atoms with Gasteiger partial charge in [-0.3, -0.25) is 0 Å². The van der Waals surface area contributed by atoms with Gasteiger partial charge in [-0.05, 0) is 6.07 Å². The summed E-state index contributed by atoms with van der Waals surface area (Å²) in [6, 6.07) is 2.21. The number of rotatable bonds is 4. The van der Waals surface area contributed by atoms with Crippen LogP contribution in [-0.4, -0.2) is 29.2 Å². The highest BCUT2D eigenvalue weighted by atomic mass is 32.2. The number of fused-ring (bicyclic) bond motifs is 1. The molecule has 2 aromatic rings. The molecule has 1 N–H and O–H groups in total. The Morgan fingerprint density at radius 1 is 1.33 bits per heavy atom. The number of ether oxygens (including phenoxy) is 1. The van der Waals surface area contributed by atoms with Crippen LogP contribution >= 0.6 is 0 Å². The zero-order chi connectivity index (χ0) is 15.0. The van der Waals surface area contributed by atoms with Crippen molar-refractivity contribution in [3.8, 4) is 5.88 Å². The van der Waals surface area contributed by atoms with Gasteiger partial charge in [0.2, 0.25) is 5.88 Å². The summed E-state index contributed by atoms with van der Waals surface area (Å²) in [5.41, 5.74) is 1.48. The Morgan fingerprint density at radius 3 is 2.76 bits per heavy atom. The van der Waals surface area contributed by atoms with Gasteiger partial charge in [0.15, 0.2) is 0 Å². The van der Waals surface area contributed by atoms with Crippen molar-refractivity contribution in [2.45, 2.75) is 24.6 Å². The van der Waals surface area contributed by atoms with Crippen LogP contribution in [-0.2, 0) is 23.1 Å². The summed E-state index contributed by atoms with van der Waals surface area (Å²) >= 11 is 0. The molecule has 7 nitrogen and oxygen atoms in total. The molecule has 0 fully saturated rings. The van der Waals surface area contributed by atoms with Crippen molar-refractivity contribution in [2.24, 2.45) is 0 Å². The SMILES string of the molecule is O=S(=O)(c1ccc(OC(F)F)nc1)n1cc2c(n1)CNC2. The van der Waals surface area contributed by atoms with Crippen LogP contribution in [0, 0.1) is 0 Å².